The number of aryl methyl sites for hydroxylation is 1. The maximum Gasteiger partial charge on any atom is 0.153 e. The maximum absolute atomic E-state index is 6.02. The lowest BCUT2D eigenvalue weighted by Crippen LogP contribution is -1.89. The number of halogens is 1. The Morgan fingerprint density at radius 3 is 2.50 bits per heavy atom. The molecule has 0 aliphatic rings. The van der Waals surface area contributed by atoms with Gasteiger partial charge in [0.2, 0.25) is 0 Å². The topological polar surface area (TPSA) is 54.7 Å². The lowest BCUT2D eigenvalue weighted by atomic mass is 9.99. The number of H-pyrrole nitrogens is 1. The Morgan fingerprint density at radius 1 is 1.05 bits per heavy atom. The standard InChI is InChI=1S/C16H14ClN3/c1-10-3-2-4-12(9-10)14-15(19-20-16(14)18)11-5-7-13(17)8-6-11/h2-9H,1H3,(H3,18,19,20). The van der Waals surface area contributed by atoms with Gasteiger partial charge in [-0.3, -0.25) is 5.10 Å². The van der Waals surface area contributed by atoms with Crippen molar-refractivity contribution >= 4 is 17.4 Å². The molecule has 0 saturated heterocycles. The highest BCUT2D eigenvalue weighted by molar-refractivity contribution is 6.30. The minimum absolute atomic E-state index is 0.501. The van der Waals surface area contributed by atoms with Crippen LogP contribution in [0.4, 0.5) is 5.82 Å². The van der Waals surface area contributed by atoms with Crippen molar-refractivity contribution < 1.29 is 0 Å². The van der Waals surface area contributed by atoms with Crippen molar-refractivity contribution in [2.24, 2.45) is 0 Å². The van der Waals surface area contributed by atoms with Gasteiger partial charge in [-0.05, 0) is 24.6 Å². The average molecular weight is 284 g/mol. The summed E-state index contributed by atoms with van der Waals surface area (Å²) in [5.74, 6) is 0.501. The first-order valence-corrected chi connectivity index (χ1v) is 6.70. The molecule has 3 N–H and O–H groups in total. The lowest BCUT2D eigenvalue weighted by Gasteiger charge is -2.06. The van der Waals surface area contributed by atoms with Gasteiger partial charge in [0.25, 0.3) is 0 Å². The van der Waals surface area contributed by atoms with Crippen LogP contribution < -0.4 is 5.73 Å². The highest BCUT2D eigenvalue weighted by Gasteiger charge is 2.14. The van der Waals surface area contributed by atoms with E-state index >= 15 is 0 Å². The predicted molar refractivity (Wildman–Crippen MR) is 83.6 cm³/mol. The van der Waals surface area contributed by atoms with Crippen LogP contribution in [0.2, 0.25) is 5.02 Å². The van der Waals surface area contributed by atoms with Crippen LogP contribution in [0, 0.1) is 6.92 Å². The third-order valence-electron chi connectivity index (χ3n) is 3.23. The summed E-state index contributed by atoms with van der Waals surface area (Å²) >= 11 is 5.93. The molecule has 2 aromatic carbocycles. The second-order valence-electron chi connectivity index (χ2n) is 4.74. The molecule has 0 atom stereocenters. The van der Waals surface area contributed by atoms with E-state index in [9.17, 15) is 0 Å². The van der Waals surface area contributed by atoms with Crippen molar-refractivity contribution in [2.75, 3.05) is 5.73 Å². The molecule has 0 amide bonds. The van der Waals surface area contributed by atoms with Gasteiger partial charge in [0, 0.05) is 10.6 Å². The SMILES string of the molecule is Cc1cccc(-c2c(N)n[nH]c2-c2ccc(Cl)cc2)c1. The molecule has 0 aliphatic carbocycles. The fourth-order valence-corrected chi connectivity index (χ4v) is 2.40. The second kappa shape index (κ2) is 5.02. The number of nitrogen functional groups attached to an aromatic ring is 1. The van der Waals surface area contributed by atoms with Crippen LogP contribution in [0.5, 0.6) is 0 Å². The number of rotatable bonds is 2. The summed E-state index contributed by atoms with van der Waals surface area (Å²) in [5, 5.41) is 7.86. The Morgan fingerprint density at radius 2 is 1.80 bits per heavy atom. The summed E-state index contributed by atoms with van der Waals surface area (Å²) in [5.41, 5.74) is 11.1. The average Bonchev–Trinajstić information content (AvgIpc) is 2.81. The van der Waals surface area contributed by atoms with Crippen molar-refractivity contribution in [1.82, 2.24) is 10.2 Å². The minimum atomic E-state index is 0.501. The van der Waals surface area contributed by atoms with Crippen molar-refractivity contribution in [2.45, 2.75) is 6.92 Å². The molecule has 1 aromatic heterocycles. The number of aromatic amines is 1. The Labute approximate surface area is 122 Å². The van der Waals surface area contributed by atoms with E-state index in [0.717, 1.165) is 22.4 Å². The molecule has 0 bridgehead atoms. The van der Waals surface area contributed by atoms with Gasteiger partial charge >= 0.3 is 0 Å². The Balaban J connectivity index is 2.17. The van der Waals surface area contributed by atoms with E-state index in [1.54, 1.807) is 0 Å². The molecule has 1 heterocycles. The monoisotopic (exact) mass is 283 g/mol. The number of aromatic nitrogens is 2. The molecule has 3 nitrogen and oxygen atoms in total. The molecule has 0 spiro atoms. The quantitative estimate of drug-likeness (QED) is 0.737. The van der Waals surface area contributed by atoms with E-state index in [1.165, 1.54) is 5.56 Å². The molecule has 0 aliphatic heterocycles. The van der Waals surface area contributed by atoms with Crippen molar-refractivity contribution in [3.8, 4) is 22.4 Å². The van der Waals surface area contributed by atoms with Crippen LogP contribution in [-0.2, 0) is 0 Å². The van der Waals surface area contributed by atoms with Crippen molar-refractivity contribution in [1.29, 1.82) is 0 Å². The highest BCUT2D eigenvalue weighted by atomic mass is 35.5. The third-order valence-corrected chi connectivity index (χ3v) is 3.49. The van der Waals surface area contributed by atoms with Crippen LogP contribution in [0.1, 0.15) is 5.56 Å². The fraction of sp³-hybridized carbons (Fsp3) is 0.0625. The summed E-state index contributed by atoms with van der Waals surface area (Å²) in [6, 6.07) is 15.8. The van der Waals surface area contributed by atoms with E-state index in [1.807, 2.05) is 36.4 Å². The van der Waals surface area contributed by atoms with E-state index in [4.69, 9.17) is 17.3 Å². The van der Waals surface area contributed by atoms with E-state index < -0.39 is 0 Å². The van der Waals surface area contributed by atoms with Gasteiger partial charge < -0.3 is 5.73 Å². The summed E-state index contributed by atoms with van der Waals surface area (Å²) < 4.78 is 0. The van der Waals surface area contributed by atoms with E-state index in [-0.39, 0.29) is 0 Å². The first kappa shape index (κ1) is 12.8. The second-order valence-corrected chi connectivity index (χ2v) is 5.17. The minimum Gasteiger partial charge on any atom is -0.382 e. The van der Waals surface area contributed by atoms with Crippen LogP contribution in [-0.4, -0.2) is 10.2 Å². The molecular formula is C16H14ClN3. The summed E-state index contributed by atoms with van der Waals surface area (Å²) in [6.45, 7) is 2.06. The zero-order valence-electron chi connectivity index (χ0n) is 11.0. The molecule has 0 saturated carbocycles. The van der Waals surface area contributed by atoms with E-state index in [0.29, 0.717) is 10.8 Å². The van der Waals surface area contributed by atoms with Crippen LogP contribution in [0.3, 0.4) is 0 Å². The number of nitrogens with one attached hydrogen (secondary N) is 1. The van der Waals surface area contributed by atoms with Crippen LogP contribution >= 0.6 is 11.6 Å². The molecule has 3 aromatic rings. The van der Waals surface area contributed by atoms with Crippen molar-refractivity contribution in [3.63, 3.8) is 0 Å². The fourth-order valence-electron chi connectivity index (χ4n) is 2.27. The Kier molecular flexibility index (Phi) is 3.20. The van der Waals surface area contributed by atoms with Crippen LogP contribution in [0.15, 0.2) is 48.5 Å². The molecule has 0 fully saturated rings. The molecule has 0 radical (unpaired) electrons. The van der Waals surface area contributed by atoms with Gasteiger partial charge in [0.05, 0.1) is 11.3 Å². The van der Waals surface area contributed by atoms with Gasteiger partial charge in [0.15, 0.2) is 5.82 Å². The summed E-state index contributed by atoms with van der Waals surface area (Å²) in [4.78, 5) is 0. The third kappa shape index (κ3) is 2.28. The Bertz CT molecular complexity index is 745. The highest BCUT2D eigenvalue weighted by Crippen LogP contribution is 2.35. The summed E-state index contributed by atoms with van der Waals surface area (Å²) in [7, 11) is 0. The van der Waals surface area contributed by atoms with Crippen molar-refractivity contribution in [3.05, 3.63) is 59.1 Å². The first-order chi connectivity index (χ1) is 9.65. The number of hydrogen-bond donors (Lipinski definition) is 2. The van der Waals surface area contributed by atoms with Gasteiger partial charge in [-0.2, -0.15) is 5.10 Å². The first-order valence-electron chi connectivity index (χ1n) is 6.32. The van der Waals surface area contributed by atoms with Crippen LogP contribution in [0.25, 0.3) is 22.4 Å². The molecule has 3 rings (SSSR count). The van der Waals surface area contributed by atoms with Gasteiger partial charge in [-0.25, -0.2) is 0 Å². The number of nitrogens with two attached hydrogens (primary N) is 1. The molecule has 100 valence electrons. The largest absolute Gasteiger partial charge is 0.382 e. The normalized spacial score (nSPS) is 10.7. The molecular weight excluding hydrogens is 270 g/mol. The number of benzene rings is 2. The number of hydrogen-bond acceptors (Lipinski definition) is 2. The predicted octanol–water partition coefficient (Wildman–Crippen LogP) is 4.29. The lowest BCUT2D eigenvalue weighted by molar-refractivity contribution is 1.10. The Hall–Kier alpha value is -2.26. The molecule has 0 unspecified atom stereocenters. The van der Waals surface area contributed by atoms with E-state index in [2.05, 4.69) is 29.3 Å². The smallest absolute Gasteiger partial charge is 0.153 e. The zero-order chi connectivity index (χ0) is 14.1. The molecule has 4 heteroatoms. The number of nitrogens with zero attached hydrogens (tertiary/aromatic N) is 1. The molecule has 20 heavy (non-hydrogen) atoms. The number of anilines is 1. The van der Waals surface area contributed by atoms with Gasteiger partial charge in [-0.1, -0.05) is 53.6 Å². The zero-order valence-corrected chi connectivity index (χ0v) is 11.8. The van der Waals surface area contributed by atoms with Gasteiger partial charge in [-0.15, -0.1) is 0 Å². The van der Waals surface area contributed by atoms with Gasteiger partial charge in [0.1, 0.15) is 0 Å². The summed E-state index contributed by atoms with van der Waals surface area (Å²) in [6.07, 6.45) is 0. The maximum atomic E-state index is 6.02.